The summed E-state index contributed by atoms with van der Waals surface area (Å²) >= 11 is 0. The van der Waals surface area contributed by atoms with Crippen molar-refractivity contribution in [3.63, 3.8) is 0 Å². The van der Waals surface area contributed by atoms with Crippen LogP contribution in [0.5, 0.6) is 5.75 Å². The van der Waals surface area contributed by atoms with Crippen molar-refractivity contribution in [2.24, 2.45) is 0 Å². The minimum Gasteiger partial charge on any atom is -0.491 e. The number of benzene rings is 2. The number of ether oxygens (including phenoxy) is 1. The zero-order valence-corrected chi connectivity index (χ0v) is 17.1. The highest BCUT2D eigenvalue weighted by atomic mass is 16.5. The Morgan fingerprint density at radius 1 is 0.966 bits per heavy atom. The van der Waals surface area contributed by atoms with Crippen LogP contribution in [0.15, 0.2) is 66.9 Å². The first kappa shape index (κ1) is 20.2. The summed E-state index contributed by atoms with van der Waals surface area (Å²) in [6.45, 7) is 3.98. The van der Waals surface area contributed by atoms with Gasteiger partial charge in [-0.2, -0.15) is 0 Å². The van der Waals surface area contributed by atoms with Crippen LogP contribution in [0, 0.1) is 0 Å². The third-order valence-electron chi connectivity index (χ3n) is 4.16. The Morgan fingerprint density at radius 2 is 1.62 bits per heavy atom. The van der Waals surface area contributed by atoms with Crippen molar-refractivity contribution < 1.29 is 9.53 Å². The average Bonchev–Trinajstić information content (AvgIpc) is 2.70. The van der Waals surface area contributed by atoms with Crippen LogP contribution in [0.3, 0.4) is 0 Å². The number of anilines is 4. The Kier molecular flexibility index (Phi) is 6.34. The van der Waals surface area contributed by atoms with Gasteiger partial charge in [0, 0.05) is 42.9 Å². The Balaban J connectivity index is 1.66. The molecule has 2 aromatic carbocycles. The largest absolute Gasteiger partial charge is 0.491 e. The number of hydrogen-bond acceptors (Lipinski definition) is 5. The van der Waals surface area contributed by atoms with Crippen LogP contribution in [-0.4, -0.2) is 31.1 Å². The van der Waals surface area contributed by atoms with Gasteiger partial charge in [-0.3, -0.25) is 4.79 Å². The summed E-state index contributed by atoms with van der Waals surface area (Å²) in [5.41, 5.74) is 3.21. The number of carbonyl (C=O) groups excluding carboxylic acids is 1. The fourth-order valence-electron chi connectivity index (χ4n) is 2.72. The predicted octanol–water partition coefficient (Wildman–Crippen LogP) is 4.93. The van der Waals surface area contributed by atoms with Crippen molar-refractivity contribution in [2.75, 3.05) is 29.6 Å². The summed E-state index contributed by atoms with van der Waals surface area (Å²) in [6, 6.07) is 18.7. The van der Waals surface area contributed by atoms with E-state index in [0.717, 1.165) is 22.8 Å². The molecule has 3 rings (SSSR count). The van der Waals surface area contributed by atoms with Crippen LogP contribution in [-0.2, 0) is 0 Å². The lowest BCUT2D eigenvalue weighted by Gasteiger charge is -2.13. The van der Waals surface area contributed by atoms with E-state index in [1.807, 2.05) is 81.4 Å². The summed E-state index contributed by atoms with van der Waals surface area (Å²) in [5, 5.41) is 6.12. The van der Waals surface area contributed by atoms with E-state index in [1.54, 1.807) is 18.3 Å². The number of nitrogens with zero attached hydrogens (tertiary/aromatic N) is 2. The summed E-state index contributed by atoms with van der Waals surface area (Å²) in [4.78, 5) is 18.9. The molecule has 150 valence electrons. The molecule has 0 bridgehead atoms. The molecule has 0 saturated carbocycles. The number of nitrogens with one attached hydrogen (secondary N) is 2. The number of carbonyl (C=O) groups is 1. The van der Waals surface area contributed by atoms with Crippen LogP contribution in [0.1, 0.15) is 24.2 Å². The molecule has 0 spiro atoms. The van der Waals surface area contributed by atoms with Crippen LogP contribution in [0.4, 0.5) is 22.9 Å². The van der Waals surface area contributed by atoms with Gasteiger partial charge in [0.25, 0.3) is 5.91 Å². The summed E-state index contributed by atoms with van der Waals surface area (Å²) in [5.74, 6) is 1.22. The second-order valence-corrected chi connectivity index (χ2v) is 7.14. The van der Waals surface area contributed by atoms with Crippen molar-refractivity contribution in [1.29, 1.82) is 0 Å². The zero-order chi connectivity index (χ0) is 20.8. The molecule has 1 aromatic heterocycles. The molecule has 0 aliphatic heterocycles. The third-order valence-corrected chi connectivity index (χ3v) is 4.16. The molecule has 6 heteroatoms. The standard InChI is InChI=1S/C23H26N4O2/c1-16(2)29-21-11-7-18(8-12-21)25-22-15-17(13-14-24-22)23(28)26-19-5-9-20(10-6-19)27(3)4/h5-16H,1-4H3,(H,24,25)(H,26,28). The lowest BCUT2D eigenvalue weighted by molar-refractivity contribution is 0.102. The Morgan fingerprint density at radius 3 is 2.24 bits per heavy atom. The predicted molar refractivity (Wildman–Crippen MR) is 118 cm³/mol. The lowest BCUT2D eigenvalue weighted by atomic mass is 10.2. The van der Waals surface area contributed by atoms with E-state index < -0.39 is 0 Å². The minimum absolute atomic E-state index is 0.129. The van der Waals surface area contributed by atoms with Gasteiger partial charge in [0.05, 0.1) is 6.10 Å². The molecular formula is C23H26N4O2. The zero-order valence-electron chi connectivity index (χ0n) is 17.1. The van der Waals surface area contributed by atoms with E-state index in [9.17, 15) is 4.79 Å². The molecule has 1 amide bonds. The highest BCUT2D eigenvalue weighted by molar-refractivity contribution is 6.04. The molecule has 6 nitrogen and oxygen atoms in total. The normalized spacial score (nSPS) is 10.5. The van der Waals surface area contributed by atoms with Gasteiger partial charge in [0.2, 0.25) is 0 Å². The summed E-state index contributed by atoms with van der Waals surface area (Å²) in [7, 11) is 3.95. The van der Waals surface area contributed by atoms with E-state index >= 15 is 0 Å². The number of amides is 1. The fraction of sp³-hybridized carbons (Fsp3) is 0.217. The Hall–Kier alpha value is -3.54. The molecular weight excluding hydrogens is 364 g/mol. The minimum atomic E-state index is -0.186. The van der Waals surface area contributed by atoms with Crippen LogP contribution < -0.4 is 20.3 Å². The Labute approximate surface area is 171 Å². The molecule has 1 heterocycles. The highest BCUT2D eigenvalue weighted by Gasteiger charge is 2.08. The number of rotatable bonds is 7. The molecule has 29 heavy (non-hydrogen) atoms. The Bertz CT molecular complexity index is 951. The first-order chi connectivity index (χ1) is 13.9. The van der Waals surface area contributed by atoms with Gasteiger partial charge in [0.1, 0.15) is 11.6 Å². The summed E-state index contributed by atoms with van der Waals surface area (Å²) in [6.07, 6.45) is 1.74. The average molecular weight is 390 g/mol. The molecule has 0 atom stereocenters. The van der Waals surface area contributed by atoms with Crippen LogP contribution in [0.2, 0.25) is 0 Å². The van der Waals surface area contributed by atoms with E-state index in [0.29, 0.717) is 11.4 Å². The monoisotopic (exact) mass is 390 g/mol. The van der Waals surface area contributed by atoms with Gasteiger partial charge in [-0.1, -0.05) is 0 Å². The van der Waals surface area contributed by atoms with Crippen LogP contribution in [0.25, 0.3) is 0 Å². The number of pyridine rings is 1. The van der Waals surface area contributed by atoms with Gasteiger partial charge >= 0.3 is 0 Å². The van der Waals surface area contributed by atoms with E-state index in [2.05, 4.69) is 15.6 Å². The van der Waals surface area contributed by atoms with E-state index in [4.69, 9.17) is 4.74 Å². The quantitative estimate of drug-likeness (QED) is 0.599. The van der Waals surface area contributed by atoms with Gasteiger partial charge < -0.3 is 20.3 Å². The molecule has 0 radical (unpaired) electrons. The van der Waals surface area contributed by atoms with Gasteiger partial charge in [0.15, 0.2) is 0 Å². The topological polar surface area (TPSA) is 66.5 Å². The van der Waals surface area contributed by atoms with Crippen LogP contribution >= 0.6 is 0 Å². The SMILES string of the molecule is CC(C)Oc1ccc(Nc2cc(C(=O)Nc3ccc(N(C)C)cc3)ccn2)cc1. The second-order valence-electron chi connectivity index (χ2n) is 7.14. The number of aromatic nitrogens is 1. The van der Waals surface area contributed by atoms with Crippen molar-refractivity contribution in [1.82, 2.24) is 4.98 Å². The fourth-order valence-corrected chi connectivity index (χ4v) is 2.72. The van der Waals surface area contributed by atoms with Gasteiger partial charge in [-0.15, -0.1) is 0 Å². The van der Waals surface area contributed by atoms with Crippen molar-refractivity contribution in [2.45, 2.75) is 20.0 Å². The molecule has 0 saturated heterocycles. The molecule has 2 N–H and O–H groups in total. The van der Waals surface area contributed by atoms with Gasteiger partial charge in [-0.05, 0) is 74.5 Å². The van der Waals surface area contributed by atoms with E-state index in [-0.39, 0.29) is 12.0 Å². The first-order valence-electron chi connectivity index (χ1n) is 9.49. The molecule has 0 aliphatic carbocycles. The van der Waals surface area contributed by atoms with Crippen molar-refractivity contribution >= 4 is 28.8 Å². The number of hydrogen-bond donors (Lipinski definition) is 2. The van der Waals surface area contributed by atoms with Crippen molar-refractivity contribution in [3.8, 4) is 5.75 Å². The smallest absolute Gasteiger partial charge is 0.255 e. The molecule has 0 fully saturated rings. The first-order valence-corrected chi connectivity index (χ1v) is 9.49. The maximum atomic E-state index is 12.6. The van der Waals surface area contributed by atoms with Crippen molar-refractivity contribution in [3.05, 3.63) is 72.4 Å². The molecule has 0 unspecified atom stereocenters. The molecule has 3 aromatic rings. The second kappa shape index (κ2) is 9.10. The highest BCUT2D eigenvalue weighted by Crippen LogP contribution is 2.21. The third kappa shape index (κ3) is 5.72. The maximum absolute atomic E-state index is 12.6. The van der Waals surface area contributed by atoms with E-state index in [1.165, 1.54) is 0 Å². The lowest BCUT2D eigenvalue weighted by Crippen LogP contribution is -2.13. The maximum Gasteiger partial charge on any atom is 0.255 e. The summed E-state index contributed by atoms with van der Waals surface area (Å²) < 4.78 is 5.65. The van der Waals surface area contributed by atoms with Gasteiger partial charge in [-0.25, -0.2) is 4.98 Å². The molecule has 0 aliphatic rings.